The summed E-state index contributed by atoms with van der Waals surface area (Å²) in [4.78, 5) is 0.397. The predicted molar refractivity (Wildman–Crippen MR) is 78.6 cm³/mol. The van der Waals surface area contributed by atoms with Gasteiger partial charge in [-0.05, 0) is 52.9 Å². The zero-order chi connectivity index (χ0) is 11.5. The molecule has 0 aliphatic heterocycles. The maximum absolute atomic E-state index is 3.76. The predicted octanol–water partition coefficient (Wildman–Crippen LogP) is 5.50. The molecule has 0 N–H and O–H groups in total. The molecule has 1 heterocycles. The van der Waals surface area contributed by atoms with Gasteiger partial charge in [-0.15, -0.1) is 0 Å². The molecule has 0 saturated carbocycles. The standard InChI is InChI=1S/C13H12Br2S/c1-9-6-11(2-3-12(9)14)13(15)7-10-4-5-16-8-10/h2-6,8,13H,7H2,1H3. The highest BCUT2D eigenvalue weighted by atomic mass is 79.9. The van der Waals surface area contributed by atoms with Crippen LogP contribution in [0.3, 0.4) is 0 Å². The van der Waals surface area contributed by atoms with Crippen molar-refractivity contribution in [3.8, 4) is 0 Å². The Morgan fingerprint density at radius 2 is 2.12 bits per heavy atom. The zero-order valence-electron chi connectivity index (χ0n) is 8.91. The molecule has 1 aromatic heterocycles. The summed E-state index contributed by atoms with van der Waals surface area (Å²) in [6, 6.07) is 8.70. The van der Waals surface area contributed by atoms with Crippen molar-refractivity contribution in [3.05, 3.63) is 56.2 Å². The van der Waals surface area contributed by atoms with E-state index in [1.54, 1.807) is 11.3 Å². The molecule has 0 aliphatic rings. The number of rotatable bonds is 3. The van der Waals surface area contributed by atoms with Gasteiger partial charge in [0.2, 0.25) is 0 Å². The normalized spacial score (nSPS) is 12.7. The molecule has 0 fully saturated rings. The molecule has 2 rings (SSSR count). The van der Waals surface area contributed by atoms with Crippen LogP contribution in [0.2, 0.25) is 0 Å². The molecule has 0 radical (unpaired) electrons. The van der Waals surface area contributed by atoms with Crippen LogP contribution in [-0.2, 0) is 6.42 Å². The first-order valence-corrected chi connectivity index (χ1v) is 7.73. The van der Waals surface area contributed by atoms with Crippen LogP contribution < -0.4 is 0 Å². The first-order valence-electron chi connectivity index (χ1n) is 5.08. The van der Waals surface area contributed by atoms with E-state index in [1.165, 1.54) is 21.2 Å². The average molecular weight is 360 g/mol. The van der Waals surface area contributed by atoms with Crippen molar-refractivity contribution in [2.45, 2.75) is 18.2 Å². The Bertz CT molecular complexity index is 463. The lowest BCUT2D eigenvalue weighted by atomic mass is 10.0. The Kier molecular flexibility index (Phi) is 4.22. The van der Waals surface area contributed by atoms with Crippen molar-refractivity contribution < 1.29 is 0 Å². The first kappa shape index (κ1) is 12.3. The summed E-state index contributed by atoms with van der Waals surface area (Å²) in [6.45, 7) is 2.12. The van der Waals surface area contributed by atoms with E-state index in [9.17, 15) is 0 Å². The van der Waals surface area contributed by atoms with Crippen molar-refractivity contribution in [3.63, 3.8) is 0 Å². The molecular formula is C13H12Br2S. The number of aryl methyl sites for hydroxylation is 1. The van der Waals surface area contributed by atoms with Gasteiger partial charge in [-0.25, -0.2) is 0 Å². The number of halogens is 2. The molecule has 0 nitrogen and oxygen atoms in total. The Morgan fingerprint density at radius 1 is 1.31 bits per heavy atom. The zero-order valence-corrected chi connectivity index (χ0v) is 12.9. The topological polar surface area (TPSA) is 0 Å². The second kappa shape index (κ2) is 5.48. The summed E-state index contributed by atoms with van der Waals surface area (Å²) in [7, 11) is 0. The van der Waals surface area contributed by atoms with Crippen LogP contribution in [0.4, 0.5) is 0 Å². The fourth-order valence-corrected chi connectivity index (χ4v) is 3.18. The molecule has 0 spiro atoms. The number of alkyl halides is 1. The van der Waals surface area contributed by atoms with Gasteiger partial charge in [0.15, 0.2) is 0 Å². The Balaban J connectivity index is 2.14. The SMILES string of the molecule is Cc1cc(C(Br)Cc2ccsc2)ccc1Br. The molecule has 0 saturated heterocycles. The highest BCUT2D eigenvalue weighted by molar-refractivity contribution is 9.10. The second-order valence-corrected chi connectivity index (χ2v) is 6.55. The van der Waals surface area contributed by atoms with Crippen LogP contribution in [0.5, 0.6) is 0 Å². The van der Waals surface area contributed by atoms with Crippen LogP contribution in [-0.4, -0.2) is 0 Å². The van der Waals surface area contributed by atoms with Gasteiger partial charge in [0, 0.05) is 9.30 Å². The summed E-state index contributed by atoms with van der Waals surface area (Å²) in [6.07, 6.45) is 1.05. The molecule has 1 atom stereocenters. The molecule has 0 aliphatic carbocycles. The molecule has 2 aromatic rings. The Labute approximate surface area is 117 Å². The monoisotopic (exact) mass is 358 g/mol. The minimum Gasteiger partial charge on any atom is -0.152 e. The van der Waals surface area contributed by atoms with Gasteiger partial charge in [0.05, 0.1) is 0 Å². The molecular weight excluding hydrogens is 348 g/mol. The van der Waals surface area contributed by atoms with Gasteiger partial charge >= 0.3 is 0 Å². The van der Waals surface area contributed by atoms with E-state index in [0.29, 0.717) is 4.83 Å². The van der Waals surface area contributed by atoms with Gasteiger partial charge in [0.1, 0.15) is 0 Å². The highest BCUT2D eigenvalue weighted by Crippen LogP contribution is 2.30. The fourth-order valence-electron chi connectivity index (χ4n) is 1.60. The largest absolute Gasteiger partial charge is 0.152 e. The maximum atomic E-state index is 3.76. The molecule has 16 heavy (non-hydrogen) atoms. The lowest BCUT2D eigenvalue weighted by Crippen LogP contribution is -1.94. The number of thiophene rings is 1. The van der Waals surface area contributed by atoms with Crippen LogP contribution >= 0.6 is 43.2 Å². The summed E-state index contributed by atoms with van der Waals surface area (Å²) < 4.78 is 1.17. The van der Waals surface area contributed by atoms with E-state index in [1.807, 2.05) is 0 Å². The van der Waals surface area contributed by atoms with Gasteiger partial charge in [0.25, 0.3) is 0 Å². The maximum Gasteiger partial charge on any atom is 0.0436 e. The second-order valence-electron chi connectivity index (χ2n) is 3.81. The van der Waals surface area contributed by atoms with Gasteiger partial charge < -0.3 is 0 Å². The van der Waals surface area contributed by atoms with Crippen molar-refractivity contribution in [1.82, 2.24) is 0 Å². The van der Waals surface area contributed by atoms with Gasteiger partial charge in [-0.3, -0.25) is 0 Å². The average Bonchev–Trinajstić information content (AvgIpc) is 2.74. The smallest absolute Gasteiger partial charge is 0.0436 e. The minimum absolute atomic E-state index is 0.397. The summed E-state index contributed by atoms with van der Waals surface area (Å²) in [5.41, 5.74) is 4.02. The van der Waals surface area contributed by atoms with Crippen molar-refractivity contribution >= 4 is 43.2 Å². The van der Waals surface area contributed by atoms with Gasteiger partial charge in [-0.1, -0.05) is 44.0 Å². The fraction of sp³-hybridized carbons (Fsp3) is 0.231. The van der Waals surface area contributed by atoms with Crippen molar-refractivity contribution in [2.75, 3.05) is 0 Å². The third-order valence-electron chi connectivity index (χ3n) is 2.54. The van der Waals surface area contributed by atoms with E-state index < -0.39 is 0 Å². The molecule has 0 amide bonds. The number of hydrogen-bond donors (Lipinski definition) is 0. The van der Waals surface area contributed by atoms with E-state index in [-0.39, 0.29) is 0 Å². The van der Waals surface area contributed by atoms with E-state index in [4.69, 9.17) is 0 Å². The molecule has 1 unspecified atom stereocenters. The summed E-state index contributed by atoms with van der Waals surface area (Å²) >= 11 is 9.03. The van der Waals surface area contributed by atoms with E-state index in [0.717, 1.165) is 6.42 Å². The molecule has 3 heteroatoms. The lowest BCUT2D eigenvalue weighted by molar-refractivity contribution is 0.951. The molecule has 0 bridgehead atoms. The van der Waals surface area contributed by atoms with Crippen LogP contribution in [0.25, 0.3) is 0 Å². The van der Waals surface area contributed by atoms with E-state index >= 15 is 0 Å². The van der Waals surface area contributed by atoms with Crippen molar-refractivity contribution in [1.29, 1.82) is 0 Å². The quantitative estimate of drug-likeness (QED) is 0.635. The Morgan fingerprint density at radius 3 is 2.75 bits per heavy atom. The Hall–Kier alpha value is -0.120. The van der Waals surface area contributed by atoms with E-state index in [2.05, 4.69) is 73.8 Å². The first-order chi connectivity index (χ1) is 7.66. The summed E-state index contributed by atoms with van der Waals surface area (Å²) in [5.74, 6) is 0. The number of hydrogen-bond acceptors (Lipinski definition) is 1. The summed E-state index contributed by atoms with van der Waals surface area (Å²) in [5, 5.41) is 4.34. The van der Waals surface area contributed by atoms with Gasteiger partial charge in [-0.2, -0.15) is 11.3 Å². The van der Waals surface area contributed by atoms with Crippen LogP contribution in [0.15, 0.2) is 39.5 Å². The van der Waals surface area contributed by atoms with Crippen LogP contribution in [0, 0.1) is 6.92 Å². The lowest BCUT2D eigenvalue weighted by Gasteiger charge is -2.10. The highest BCUT2D eigenvalue weighted by Gasteiger charge is 2.09. The minimum atomic E-state index is 0.397. The molecule has 1 aromatic carbocycles. The third kappa shape index (κ3) is 2.96. The van der Waals surface area contributed by atoms with Crippen LogP contribution in [0.1, 0.15) is 21.5 Å². The number of benzene rings is 1. The third-order valence-corrected chi connectivity index (χ3v) is 5.01. The molecule has 84 valence electrons. The van der Waals surface area contributed by atoms with Crippen molar-refractivity contribution in [2.24, 2.45) is 0 Å².